The Kier molecular flexibility index (Phi) is 5.09. The van der Waals surface area contributed by atoms with E-state index < -0.39 is 21.7 Å². The normalized spacial score (nSPS) is 14.4. The molecular weight excluding hydrogens is 266 g/mol. The summed E-state index contributed by atoms with van der Waals surface area (Å²) >= 11 is 0. The second-order valence-electron chi connectivity index (χ2n) is 5.04. The summed E-state index contributed by atoms with van der Waals surface area (Å²) in [5.74, 6) is 0. The Labute approximate surface area is 114 Å². The molecule has 0 aliphatic heterocycles. The molecule has 1 unspecified atom stereocenters. The number of methoxy groups -OCH3 is 1. The molecule has 1 aromatic carbocycles. The van der Waals surface area contributed by atoms with Gasteiger partial charge < -0.3 is 9.84 Å². The number of aliphatic hydroxyl groups excluding tert-OH is 1. The molecule has 0 spiro atoms. The zero-order valence-corrected chi connectivity index (χ0v) is 12.5. The Hall–Kier alpha value is -0.950. The largest absolute Gasteiger partial charge is 0.389 e. The van der Waals surface area contributed by atoms with Crippen LogP contribution in [0.2, 0.25) is 0 Å². The van der Waals surface area contributed by atoms with Crippen LogP contribution in [0.25, 0.3) is 0 Å². The minimum atomic E-state index is -3.60. The summed E-state index contributed by atoms with van der Waals surface area (Å²) in [6, 6.07) is 6.25. The van der Waals surface area contributed by atoms with Gasteiger partial charge in [0.2, 0.25) is 10.0 Å². The molecule has 1 atom stereocenters. The molecule has 19 heavy (non-hydrogen) atoms. The van der Waals surface area contributed by atoms with Crippen molar-refractivity contribution >= 4 is 10.0 Å². The average molecular weight is 287 g/mol. The number of nitrogens with one attached hydrogen (secondary N) is 1. The molecular formula is C13H21NO4S. The van der Waals surface area contributed by atoms with Gasteiger partial charge in [0.1, 0.15) is 0 Å². The zero-order chi connectivity index (χ0) is 14.7. The highest BCUT2D eigenvalue weighted by atomic mass is 32.2. The fraction of sp³-hybridized carbons (Fsp3) is 0.538. The van der Waals surface area contributed by atoms with Gasteiger partial charge in [-0.25, -0.2) is 13.1 Å². The van der Waals surface area contributed by atoms with Crippen molar-refractivity contribution in [3.63, 3.8) is 0 Å². The second-order valence-corrected chi connectivity index (χ2v) is 6.80. The molecule has 0 saturated carbocycles. The molecule has 0 aliphatic rings. The van der Waals surface area contributed by atoms with E-state index in [-0.39, 0.29) is 11.4 Å². The lowest BCUT2D eigenvalue weighted by molar-refractivity contribution is 0.0276. The van der Waals surface area contributed by atoms with Crippen LogP contribution in [0.15, 0.2) is 29.2 Å². The van der Waals surface area contributed by atoms with Crippen LogP contribution in [0, 0.1) is 0 Å². The molecule has 0 radical (unpaired) electrons. The molecule has 2 N–H and O–H groups in total. The first kappa shape index (κ1) is 16.1. The number of sulfonamides is 1. The third-order valence-corrected chi connectivity index (χ3v) is 4.29. The van der Waals surface area contributed by atoms with Crippen LogP contribution in [0.4, 0.5) is 0 Å². The summed E-state index contributed by atoms with van der Waals surface area (Å²) in [4.78, 5) is 0.137. The lowest BCUT2D eigenvalue weighted by Crippen LogP contribution is -2.39. The van der Waals surface area contributed by atoms with Gasteiger partial charge in [-0.3, -0.25) is 0 Å². The highest BCUT2D eigenvalue weighted by Crippen LogP contribution is 2.17. The van der Waals surface area contributed by atoms with E-state index in [1.54, 1.807) is 32.9 Å². The van der Waals surface area contributed by atoms with E-state index in [1.807, 2.05) is 0 Å². The van der Waals surface area contributed by atoms with Gasteiger partial charge in [-0.15, -0.1) is 0 Å². The fourth-order valence-electron chi connectivity index (χ4n) is 1.37. The lowest BCUT2D eigenvalue weighted by Gasteiger charge is -2.23. The molecule has 0 fully saturated rings. The molecule has 0 bridgehead atoms. The quantitative estimate of drug-likeness (QED) is 0.830. The summed E-state index contributed by atoms with van der Waals surface area (Å²) in [6.07, 6.45) is -0.703. The Morgan fingerprint density at radius 2 is 2.05 bits per heavy atom. The van der Waals surface area contributed by atoms with Gasteiger partial charge in [0.05, 0.1) is 16.6 Å². The maximum atomic E-state index is 12.1. The topological polar surface area (TPSA) is 75.6 Å². The van der Waals surface area contributed by atoms with Crippen LogP contribution < -0.4 is 4.72 Å². The summed E-state index contributed by atoms with van der Waals surface area (Å²) in [6.45, 7) is 5.35. The van der Waals surface area contributed by atoms with E-state index >= 15 is 0 Å². The highest BCUT2D eigenvalue weighted by Gasteiger charge is 2.22. The first-order valence-corrected chi connectivity index (χ1v) is 7.49. The van der Waals surface area contributed by atoms with E-state index in [9.17, 15) is 13.5 Å². The first-order chi connectivity index (χ1) is 8.68. The number of rotatable bonds is 6. The molecule has 0 saturated heterocycles. The zero-order valence-electron chi connectivity index (χ0n) is 11.7. The van der Waals surface area contributed by atoms with Crippen molar-refractivity contribution in [2.75, 3.05) is 13.7 Å². The van der Waals surface area contributed by atoms with Crippen molar-refractivity contribution in [1.82, 2.24) is 4.72 Å². The highest BCUT2D eigenvalue weighted by molar-refractivity contribution is 7.89. The first-order valence-electron chi connectivity index (χ1n) is 6.01. The van der Waals surface area contributed by atoms with Crippen molar-refractivity contribution < 1.29 is 18.3 Å². The molecule has 0 amide bonds. The van der Waals surface area contributed by atoms with Gasteiger partial charge in [-0.1, -0.05) is 12.1 Å². The van der Waals surface area contributed by atoms with Gasteiger partial charge >= 0.3 is 0 Å². The maximum absolute atomic E-state index is 12.1. The molecule has 108 valence electrons. The third-order valence-electron chi connectivity index (χ3n) is 2.89. The van der Waals surface area contributed by atoms with Crippen molar-refractivity contribution in [2.45, 2.75) is 37.4 Å². The average Bonchev–Trinajstić information content (AvgIpc) is 2.37. The summed E-state index contributed by atoms with van der Waals surface area (Å²) in [7, 11) is -2.07. The SMILES string of the molecule is COC(C)(C)CNS(=O)(=O)c1cccc(C(C)O)c1. The van der Waals surface area contributed by atoms with Crippen LogP contribution >= 0.6 is 0 Å². The fourth-order valence-corrected chi connectivity index (χ4v) is 2.62. The number of hydrogen-bond acceptors (Lipinski definition) is 4. The number of hydrogen-bond donors (Lipinski definition) is 2. The van der Waals surface area contributed by atoms with Crippen molar-refractivity contribution in [3.05, 3.63) is 29.8 Å². The lowest BCUT2D eigenvalue weighted by atomic mass is 10.1. The number of benzene rings is 1. The number of aliphatic hydroxyl groups is 1. The number of ether oxygens (including phenoxy) is 1. The Balaban J connectivity index is 2.92. The van der Waals surface area contributed by atoms with E-state index in [1.165, 1.54) is 19.2 Å². The van der Waals surface area contributed by atoms with Crippen LogP contribution in [0.5, 0.6) is 0 Å². The Bertz CT molecular complexity index is 523. The predicted molar refractivity (Wildman–Crippen MR) is 73.4 cm³/mol. The van der Waals surface area contributed by atoms with Gasteiger partial charge in [-0.2, -0.15) is 0 Å². The Morgan fingerprint density at radius 3 is 2.58 bits per heavy atom. The predicted octanol–water partition coefficient (Wildman–Crippen LogP) is 1.44. The van der Waals surface area contributed by atoms with E-state index in [4.69, 9.17) is 4.74 Å². The summed E-state index contributed by atoms with van der Waals surface area (Å²) in [5, 5.41) is 9.48. The van der Waals surface area contributed by atoms with Crippen molar-refractivity contribution in [2.24, 2.45) is 0 Å². The monoisotopic (exact) mass is 287 g/mol. The van der Waals surface area contributed by atoms with Gasteiger partial charge in [-0.05, 0) is 38.5 Å². The molecule has 0 aliphatic carbocycles. The van der Waals surface area contributed by atoms with Gasteiger partial charge in [0, 0.05) is 13.7 Å². The smallest absolute Gasteiger partial charge is 0.240 e. The van der Waals surface area contributed by atoms with Crippen LogP contribution in [-0.4, -0.2) is 32.8 Å². The Morgan fingerprint density at radius 1 is 1.42 bits per heavy atom. The van der Waals surface area contributed by atoms with Gasteiger partial charge in [0.25, 0.3) is 0 Å². The molecule has 0 heterocycles. The molecule has 0 aromatic heterocycles. The van der Waals surface area contributed by atoms with Crippen molar-refractivity contribution in [3.8, 4) is 0 Å². The van der Waals surface area contributed by atoms with E-state index in [0.29, 0.717) is 5.56 Å². The van der Waals surface area contributed by atoms with Gasteiger partial charge in [0.15, 0.2) is 0 Å². The molecule has 1 aromatic rings. The van der Waals surface area contributed by atoms with Crippen LogP contribution in [-0.2, 0) is 14.8 Å². The minimum Gasteiger partial charge on any atom is -0.389 e. The van der Waals surface area contributed by atoms with E-state index in [2.05, 4.69) is 4.72 Å². The van der Waals surface area contributed by atoms with Crippen LogP contribution in [0.3, 0.4) is 0 Å². The molecule has 5 nitrogen and oxygen atoms in total. The second kappa shape index (κ2) is 6.00. The maximum Gasteiger partial charge on any atom is 0.240 e. The molecule has 6 heteroatoms. The standard InChI is InChI=1S/C13H21NO4S/c1-10(15)11-6-5-7-12(8-11)19(16,17)14-9-13(2,3)18-4/h5-8,10,14-15H,9H2,1-4H3. The summed E-state index contributed by atoms with van der Waals surface area (Å²) < 4.78 is 31.9. The third kappa shape index (κ3) is 4.58. The van der Waals surface area contributed by atoms with Crippen LogP contribution in [0.1, 0.15) is 32.4 Å². The van der Waals surface area contributed by atoms with E-state index in [0.717, 1.165) is 0 Å². The summed E-state index contributed by atoms with van der Waals surface area (Å²) in [5.41, 5.74) is -0.0107. The minimum absolute atomic E-state index is 0.137. The van der Waals surface area contributed by atoms with Crippen molar-refractivity contribution in [1.29, 1.82) is 0 Å². The molecule has 1 rings (SSSR count).